The Hall–Kier alpha value is -3.06. The average molecular weight is 359 g/mol. The van der Waals surface area contributed by atoms with Crippen LogP contribution in [0.5, 0.6) is 17.2 Å². The molecule has 7 nitrogen and oxygen atoms in total. The summed E-state index contributed by atoms with van der Waals surface area (Å²) in [4.78, 5) is 23.2. The highest BCUT2D eigenvalue weighted by molar-refractivity contribution is 5.94. The Morgan fingerprint density at radius 2 is 1.81 bits per heavy atom. The zero-order valence-corrected chi connectivity index (χ0v) is 14.8. The van der Waals surface area contributed by atoms with Crippen LogP contribution in [-0.2, 0) is 4.79 Å². The third kappa shape index (κ3) is 4.97. The van der Waals surface area contributed by atoms with Gasteiger partial charge in [-0.25, -0.2) is 0 Å². The SMILES string of the molecule is COc1ccc(C(O)CNC(=O)c2cccc(OC(C)=O)c2)cc1OC. The molecule has 2 aromatic rings. The number of benzene rings is 2. The molecule has 0 aromatic heterocycles. The number of hydrogen-bond donors (Lipinski definition) is 2. The largest absolute Gasteiger partial charge is 0.493 e. The molecule has 138 valence electrons. The van der Waals surface area contributed by atoms with Gasteiger partial charge < -0.3 is 24.6 Å². The zero-order valence-electron chi connectivity index (χ0n) is 14.8. The van der Waals surface area contributed by atoms with Crippen LogP contribution in [0.15, 0.2) is 42.5 Å². The van der Waals surface area contributed by atoms with E-state index in [2.05, 4.69) is 5.32 Å². The Labute approximate surface area is 151 Å². The van der Waals surface area contributed by atoms with Gasteiger partial charge in [0.25, 0.3) is 5.91 Å². The molecule has 1 unspecified atom stereocenters. The Kier molecular flexibility index (Phi) is 6.57. The minimum atomic E-state index is -0.921. The first-order chi connectivity index (χ1) is 12.4. The summed E-state index contributed by atoms with van der Waals surface area (Å²) in [5.41, 5.74) is 0.903. The summed E-state index contributed by atoms with van der Waals surface area (Å²) in [7, 11) is 3.03. The summed E-state index contributed by atoms with van der Waals surface area (Å²) in [5.74, 6) is 0.467. The molecule has 0 saturated carbocycles. The first-order valence-corrected chi connectivity index (χ1v) is 7.91. The lowest BCUT2D eigenvalue weighted by Crippen LogP contribution is -2.28. The molecule has 26 heavy (non-hydrogen) atoms. The molecule has 0 bridgehead atoms. The second-order valence-electron chi connectivity index (χ2n) is 5.46. The van der Waals surface area contributed by atoms with E-state index in [1.54, 1.807) is 36.4 Å². The van der Waals surface area contributed by atoms with Crippen LogP contribution in [-0.4, -0.2) is 37.7 Å². The van der Waals surface area contributed by atoms with Gasteiger partial charge in [0, 0.05) is 19.0 Å². The molecule has 0 fully saturated rings. The zero-order chi connectivity index (χ0) is 19.1. The van der Waals surface area contributed by atoms with Gasteiger partial charge >= 0.3 is 5.97 Å². The predicted molar refractivity (Wildman–Crippen MR) is 94.6 cm³/mol. The van der Waals surface area contributed by atoms with Crippen molar-refractivity contribution in [2.24, 2.45) is 0 Å². The number of hydrogen-bond acceptors (Lipinski definition) is 6. The highest BCUT2D eigenvalue weighted by Gasteiger charge is 2.14. The molecule has 0 aliphatic carbocycles. The third-order valence-electron chi connectivity index (χ3n) is 3.61. The first kappa shape index (κ1) is 19.3. The number of methoxy groups -OCH3 is 2. The molecular weight excluding hydrogens is 338 g/mol. The maximum atomic E-state index is 12.2. The van der Waals surface area contributed by atoms with Crippen molar-refractivity contribution in [3.05, 3.63) is 53.6 Å². The van der Waals surface area contributed by atoms with E-state index >= 15 is 0 Å². The Balaban J connectivity index is 2.01. The summed E-state index contributed by atoms with van der Waals surface area (Å²) in [6, 6.07) is 11.3. The van der Waals surface area contributed by atoms with E-state index in [4.69, 9.17) is 14.2 Å². The number of ether oxygens (including phenoxy) is 3. The molecule has 7 heteroatoms. The minimum Gasteiger partial charge on any atom is -0.493 e. The van der Waals surface area contributed by atoms with Crippen LogP contribution in [0.4, 0.5) is 0 Å². The standard InChI is InChI=1S/C19H21NO6/c1-12(21)26-15-6-4-5-14(9-15)19(23)20-11-16(22)13-7-8-17(24-2)18(10-13)25-3/h4-10,16,22H,11H2,1-3H3,(H,20,23). The van der Waals surface area contributed by atoms with Crippen LogP contribution in [0.25, 0.3) is 0 Å². The molecular formula is C19H21NO6. The molecule has 0 spiro atoms. The van der Waals surface area contributed by atoms with Crippen LogP contribution < -0.4 is 19.5 Å². The Morgan fingerprint density at radius 1 is 1.08 bits per heavy atom. The maximum absolute atomic E-state index is 12.2. The van der Waals surface area contributed by atoms with Gasteiger partial charge in [-0.3, -0.25) is 9.59 Å². The lowest BCUT2D eigenvalue weighted by atomic mass is 10.1. The molecule has 0 aliphatic rings. The number of nitrogens with one attached hydrogen (secondary N) is 1. The summed E-state index contributed by atoms with van der Waals surface area (Å²) in [6.45, 7) is 1.29. The Bertz CT molecular complexity index is 789. The number of aliphatic hydroxyl groups is 1. The van der Waals surface area contributed by atoms with Gasteiger partial charge in [-0.1, -0.05) is 12.1 Å². The number of carbonyl (C=O) groups excluding carboxylic acids is 2. The van der Waals surface area contributed by atoms with Crippen molar-refractivity contribution in [3.63, 3.8) is 0 Å². The minimum absolute atomic E-state index is 0.00606. The molecule has 0 saturated heterocycles. The van der Waals surface area contributed by atoms with E-state index in [1.807, 2.05) is 0 Å². The van der Waals surface area contributed by atoms with Crippen LogP contribution >= 0.6 is 0 Å². The molecule has 2 aromatic carbocycles. The van der Waals surface area contributed by atoms with E-state index in [1.165, 1.54) is 27.2 Å². The van der Waals surface area contributed by atoms with Gasteiger partial charge in [0.1, 0.15) is 5.75 Å². The van der Waals surface area contributed by atoms with Crippen LogP contribution in [0, 0.1) is 0 Å². The van der Waals surface area contributed by atoms with Crippen molar-refractivity contribution in [1.82, 2.24) is 5.32 Å². The topological polar surface area (TPSA) is 94.1 Å². The average Bonchev–Trinajstić information content (AvgIpc) is 2.64. The summed E-state index contributed by atoms with van der Waals surface area (Å²) in [6.07, 6.45) is -0.921. The second kappa shape index (κ2) is 8.87. The number of carbonyl (C=O) groups is 2. The normalized spacial score (nSPS) is 11.4. The molecule has 0 aliphatic heterocycles. The van der Waals surface area contributed by atoms with Crippen molar-refractivity contribution in [1.29, 1.82) is 0 Å². The highest BCUT2D eigenvalue weighted by Crippen LogP contribution is 2.29. The van der Waals surface area contributed by atoms with Gasteiger partial charge in [0.2, 0.25) is 0 Å². The summed E-state index contributed by atoms with van der Waals surface area (Å²) in [5, 5.41) is 12.9. The van der Waals surface area contributed by atoms with Crippen molar-refractivity contribution >= 4 is 11.9 Å². The Morgan fingerprint density at radius 3 is 2.46 bits per heavy atom. The molecule has 0 radical (unpaired) electrons. The van der Waals surface area contributed by atoms with E-state index < -0.39 is 18.0 Å². The van der Waals surface area contributed by atoms with Crippen LogP contribution in [0.3, 0.4) is 0 Å². The van der Waals surface area contributed by atoms with E-state index in [0.717, 1.165) is 0 Å². The van der Waals surface area contributed by atoms with Gasteiger partial charge in [0.15, 0.2) is 11.5 Å². The lowest BCUT2D eigenvalue weighted by molar-refractivity contribution is -0.131. The molecule has 1 atom stereocenters. The summed E-state index contributed by atoms with van der Waals surface area (Å²) >= 11 is 0. The highest BCUT2D eigenvalue weighted by atomic mass is 16.5. The van der Waals surface area contributed by atoms with Crippen LogP contribution in [0.1, 0.15) is 28.9 Å². The number of rotatable bonds is 7. The maximum Gasteiger partial charge on any atom is 0.308 e. The molecule has 2 rings (SSSR count). The molecule has 2 N–H and O–H groups in total. The van der Waals surface area contributed by atoms with Gasteiger partial charge in [-0.15, -0.1) is 0 Å². The third-order valence-corrected chi connectivity index (χ3v) is 3.61. The van der Waals surface area contributed by atoms with E-state index in [9.17, 15) is 14.7 Å². The predicted octanol–water partition coefficient (Wildman–Crippen LogP) is 2.09. The number of esters is 1. The number of amides is 1. The van der Waals surface area contributed by atoms with Crippen molar-refractivity contribution in [2.45, 2.75) is 13.0 Å². The fourth-order valence-corrected chi connectivity index (χ4v) is 2.34. The van der Waals surface area contributed by atoms with Crippen LogP contribution in [0.2, 0.25) is 0 Å². The number of aliphatic hydroxyl groups excluding tert-OH is 1. The van der Waals surface area contributed by atoms with Gasteiger partial charge in [-0.2, -0.15) is 0 Å². The van der Waals surface area contributed by atoms with E-state index in [0.29, 0.717) is 22.6 Å². The molecule has 0 heterocycles. The monoisotopic (exact) mass is 359 g/mol. The fraction of sp³-hybridized carbons (Fsp3) is 0.263. The van der Waals surface area contributed by atoms with Crippen molar-refractivity contribution in [2.75, 3.05) is 20.8 Å². The fourth-order valence-electron chi connectivity index (χ4n) is 2.34. The van der Waals surface area contributed by atoms with Crippen molar-refractivity contribution in [3.8, 4) is 17.2 Å². The van der Waals surface area contributed by atoms with Gasteiger partial charge in [-0.05, 0) is 35.9 Å². The van der Waals surface area contributed by atoms with E-state index in [-0.39, 0.29) is 12.3 Å². The quantitative estimate of drug-likeness (QED) is 0.581. The second-order valence-corrected chi connectivity index (χ2v) is 5.46. The lowest BCUT2D eigenvalue weighted by Gasteiger charge is -2.15. The summed E-state index contributed by atoms with van der Waals surface area (Å²) < 4.78 is 15.3. The van der Waals surface area contributed by atoms with Crippen molar-refractivity contribution < 1.29 is 28.9 Å². The molecule has 1 amide bonds. The smallest absolute Gasteiger partial charge is 0.308 e. The van der Waals surface area contributed by atoms with Gasteiger partial charge in [0.05, 0.1) is 20.3 Å². The first-order valence-electron chi connectivity index (χ1n) is 7.91.